The predicted molar refractivity (Wildman–Crippen MR) is 79.4 cm³/mol. The van der Waals surface area contributed by atoms with Crippen LogP contribution in [0.5, 0.6) is 0 Å². The lowest BCUT2D eigenvalue weighted by atomic mass is 10.0. The number of hydrogen-bond donors (Lipinski definition) is 0. The number of rotatable bonds is 2. The first-order valence-corrected chi connectivity index (χ1v) is 6.79. The molecule has 0 fully saturated rings. The molecule has 0 saturated heterocycles. The van der Waals surface area contributed by atoms with Crippen LogP contribution < -0.4 is 0 Å². The Labute approximate surface area is 126 Å². The van der Waals surface area contributed by atoms with Crippen molar-refractivity contribution in [2.24, 2.45) is 4.99 Å². The minimum atomic E-state index is 0.132. The van der Waals surface area contributed by atoms with Gasteiger partial charge in [0, 0.05) is 22.3 Å². The molecule has 0 atom stereocenters. The van der Waals surface area contributed by atoms with Crippen LogP contribution >= 0.6 is 11.6 Å². The minimum absolute atomic E-state index is 0.132. The molecule has 1 aliphatic heterocycles. The zero-order chi connectivity index (χ0) is 14.7. The van der Waals surface area contributed by atoms with Gasteiger partial charge in [0.25, 0.3) is 0 Å². The molecular weight excluding hydrogens is 288 g/mol. The molecule has 1 aromatic heterocycles. The largest absolute Gasteiger partial charge is 0.373 e. The van der Waals surface area contributed by atoms with Gasteiger partial charge in [0.2, 0.25) is 5.82 Å². The molecular formula is C15H11ClN4O. The first kappa shape index (κ1) is 13.7. The maximum Gasteiger partial charge on any atom is 0.232 e. The number of benzene rings is 1. The number of aromatic nitrogens is 2. The first-order valence-electron chi connectivity index (χ1n) is 6.42. The van der Waals surface area contributed by atoms with Crippen LogP contribution in [0.1, 0.15) is 11.4 Å². The molecule has 1 aliphatic rings. The molecule has 0 bridgehead atoms. The van der Waals surface area contributed by atoms with Gasteiger partial charge in [0.05, 0.1) is 31.2 Å². The fraction of sp³-hybridized carbons (Fsp3) is 0.200. The Kier molecular flexibility index (Phi) is 3.91. The Bertz CT molecular complexity index is 752. The molecule has 1 aromatic carbocycles. The molecule has 3 rings (SSSR count). The molecule has 0 N–H and O–H groups in total. The lowest BCUT2D eigenvalue weighted by Crippen LogP contribution is -2.18. The number of aliphatic imine (C=N–C) groups is 1. The molecule has 0 aliphatic carbocycles. The molecule has 104 valence electrons. The summed E-state index contributed by atoms with van der Waals surface area (Å²) in [6, 6.07) is 9.28. The number of hydrogen-bond acceptors (Lipinski definition) is 5. The van der Waals surface area contributed by atoms with Crippen molar-refractivity contribution in [2.75, 3.05) is 19.8 Å². The van der Waals surface area contributed by atoms with Gasteiger partial charge in [-0.25, -0.2) is 9.97 Å². The third-order valence-corrected chi connectivity index (χ3v) is 3.28. The van der Waals surface area contributed by atoms with Crippen molar-refractivity contribution < 1.29 is 4.74 Å². The van der Waals surface area contributed by atoms with Crippen LogP contribution in [0.2, 0.25) is 5.02 Å². The fourth-order valence-electron chi connectivity index (χ4n) is 2.11. The molecule has 2 aromatic rings. The standard InChI is InChI=1S/C15H11ClN4O/c16-12-6-10(13-1-2-19-15(8-17)20-13)5-11(7-12)14-9-21-4-3-18-14/h1-2,5-7H,3-4,9H2. The van der Waals surface area contributed by atoms with Gasteiger partial charge >= 0.3 is 0 Å². The minimum Gasteiger partial charge on any atom is -0.373 e. The van der Waals surface area contributed by atoms with Crippen LogP contribution in [0, 0.1) is 11.3 Å². The highest BCUT2D eigenvalue weighted by molar-refractivity contribution is 6.31. The lowest BCUT2D eigenvalue weighted by Gasteiger charge is -2.14. The third kappa shape index (κ3) is 3.07. The quantitative estimate of drug-likeness (QED) is 0.854. The van der Waals surface area contributed by atoms with Gasteiger partial charge in [-0.2, -0.15) is 5.26 Å². The second kappa shape index (κ2) is 6.00. The molecule has 0 unspecified atom stereocenters. The highest BCUT2D eigenvalue weighted by atomic mass is 35.5. The number of nitrogens with zero attached hydrogens (tertiary/aromatic N) is 4. The van der Waals surface area contributed by atoms with E-state index in [1.165, 1.54) is 0 Å². The van der Waals surface area contributed by atoms with E-state index in [0.717, 1.165) is 16.8 Å². The van der Waals surface area contributed by atoms with Crippen molar-refractivity contribution in [3.8, 4) is 17.3 Å². The van der Waals surface area contributed by atoms with Crippen molar-refractivity contribution in [1.82, 2.24) is 9.97 Å². The SMILES string of the molecule is N#Cc1nccc(-c2cc(Cl)cc(C3=NCCOC3)c2)n1. The van der Waals surface area contributed by atoms with Gasteiger partial charge in [0.15, 0.2) is 0 Å². The second-order valence-corrected chi connectivity index (χ2v) is 4.92. The average Bonchev–Trinajstić information content (AvgIpc) is 2.55. The van der Waals surface area contributed by atoms with Gasteiger partial charge in [-0.05, 0) is 24.3 Å². The van der Waals surface area contributed by atoms with E-state index in [4.69, 9.17) is 21.6 Å². The molecule has 6 heteroatoms. The van der Waals surface area contributed by atoms with E-state index >= 15 is 0 Å². The molecule has 0 spiro atoms. The van der Waals surface area contributed by atoms with Crippen LogP contribution in [0.3, 0.4) is 0 Å². The van der Waals surface area contributed by atoms with Crippen LogP contribution in [0.25, 0.3) is 11.3 Å². The van der Waals surface area contributed by atoms with E-state index in [1.807, 2.05) is 18.2 Å². The second-order valence-electron chi connectivity index (χ2n) is 4.49. The van der Waals surface area contributed by atoms with Gasteiger partial charge in [-0.1, -0.05) is 11.6 Å². The van der Waals surface area contributed by atoms with Crippen molar-refractivity contribution >= 4 is 17.3 Å². The smallest absolute Gasteiger partial charge is 0.232 e. The van der Waals surface area contributed by atoms with E-state index in [0.29, 0.717) is 30.5 Å². The maximum absolute atomic E-state index is 8.89. The number of nitriles is 1. The first-order chi connectivity index (χ1) is 10.3. The molecule has 0 saturated carbocycles. The van der Waals surface area contributed by atoms with Gasteiger partial charge in [-0.3, -0.25) is 4.99 Å². The summed E-state index contributed by atoms with van der Waals surface area (Å²) in [5.41, 5.74) is 3.26. The van der Waals surface area contributed by atoms with E-state index in [2.05, 4.69) is 15.0 Å². The Morgan fingerprint density at radius 3 is 2.86 bits per heavy atom. The monoisotopic (exact) mass is 298 g/mol. The van der Waals surface area contributed by atoms with Gasteiger partial charge in [0.1, 0.15) is 6.07 Å². The topological polar surface area (TPSA) is 71.2 Å². The van der Waals surface area contributed by atoms with E-state index < -0.39 is 0 Å². The Hall–Kier alpha value is -2.29. The Balaban J connectivity index is 2.05. The number of ether oxygens (including phenoxy) is 1. The van der Waals surface area contributed by atoms with Crippen molar-refractivity contribution in [2.45, 2.75) is 0 Å². The predicted octanol–water partition coefficient (Wildman–Crippen LogP) is 2.49. The Morgan fingerprint density at radius 1 is 1.24 bits per heavy atom. The average molecular weight is 299 g/mol. The fourth-order valence-corrected chi connectivity index (χ4v) is 2.35. The maximum atomic E-state index is 8.89. The molecule has 0 radical (unpaired) electrons. The van der Waals surface area contributed by atoms with Crippen LogP contribution in [-0.2, 0) is 4.74 Å². The highest BCUT2D eigenvalue weighted by Crippen LogP contribution is 2.24. The lowest BCUT2D eigenvalue weighted by molar-refractivity contribution is 0.171. The summed E-state index contributed by atoms with van der Waals surface area (Å²) < 4.78 is 5.42. The third-order valence-electron chi connectivity index (χ3n) is 3.06. The molecule has 5 nitrogen and oxygen atoms in total. The Morgan fingerprint density at radius 2 is 2.10 bits per heavy atom. The van der Waals surface area contributed by atoms with Crippen molar-refractivity contribution in [3.63, 3.8) is 0 Å². The summed E-state index contributed by atoms with van der Waals surface area (Å²) in [4.78, 5) is 12.5. The van der Waals surface area contributed by atoms with Crippen LogP contribution in [-0.4, -0.2) is 35.4 Å². The van der Waals surface area contributed by atoms with Gasteiger partial charge < -0.3 is 4.74 Å². The van der Waals surface area contributed by atoms with Crippen LogP contribution in [0.4, 0.5) is 0 Å². The summed E-state index contributed by atoms with van der Waals surface area (Å²) in [6.45, 7) is 1.78. The van der Waals surface area contributed by atoms with E-state index in [1.54, 1.807) is 18.3 Å². The highest BCUT2D eigenvalue weighted by Gasteiger charge is 2.12. The van der Waals surface area contributed by atoms with Gasteiger partial charge in [-0.15, -0.1) is 0 Å². The summed E-state index contributed by atoms with van der Waals surface area (Å²) in [5.74, 6) is 0.132. The van der Waals surface area contributed by atoms with E-state index in [-0.39, 0.29) is 5.82 Å². The molecule has 0 amide bonds. The molecule has 21 heavy (non-hydrogen) atoms. The summed E-state index contributed by atoms with van der Waals surface area (Å²) in [5, 5.41) is 9.48. The van der Waals surface area contributed by atoms with Crippen molar-refractivity contribution in [1.29, 1.82) is 5.26 Å². The number of halogens is 1. The van der Waals surface area contributed by atoms with Crippen LogP contribution in [0.15, 0.2) is 35.5 Å². The summed E-state index contributed by atoms with van der Waals surface area (Å²) in [6.07, 6.45) is 1.56. The zero-order valence-corrected chi connectivity index (χ0v) is 11.8. The molecule has 2 heterocycles. The summed E-state index contributed by atoms with van der Waals surface area (Å²) >= 11 is 6.19. The zero-order valence-electron chi connectivity index (χ0n) is 11.1. The summed E-state index contributed by atoms with van der Waals surface area (Å²) in [7, 11) is 0. The van der Waals surface area contributed by atoms with E-state index in [9.17, 15) is 0 Å². The normalized spacial score (nSPS) is 14.4. The van der Waals surface area contributed by atoms with Crippen molar-refractivity contribution in [3.05, 3.63) is 46.9 Å².